The number of primary sulfonamides is 1. The van der Waals surface area contributed by atoms with Crippen molar-refractivity contribution in [3.05, 3.63) is 47.7 Å². The van der Waals surface area contributed by atoms with Crippen LogP contribution in [0.15, 0.2) is 45.9 Å². The van der Waals surface area contributed by atoms with Crippen molar-refractivity contribution >= 4 is 10.0 Å². The van der Waals surface area contributed by atoms with E-state index in [9.17, 15) is 8.42 Å². The summed E-state index contributed by atoms with van der Waals surface area (Å²) in [4.78, 5) is 0. The molecule has 2 aromatic rings. The van der Waals surface area contributed by atoms with Gasteiger partial charge in [-0.15, -0.1) is 0 Å². The lowest BCUT2D eigenvalue weighted by Gasteiger charge is -2.08. The van der Waals surface area contributed by atoms with Crippen molar-refractivity contribution in [2.75, 3.05) is 7.11 Å². The maximum atomic E-state index is 11.1. The fourth-order valence-corrected chi connectivity index (χ4v) is 2.26. The molecule has 0 unspecified atom stereocenters. The highest BCUT2D eigenvalue weighted by molar-refractivity contribution is 7.89. The molecule has 20 heavy (non-hydrogen) atoms. The molecule has 0 aliphatic rings. The summed E-state index contributed by atoms with van der Waals surface area (Å²) in [6, 6.07) is 10.6. The Bertz CT molecular complexity index is 679. The smallest absolute Gasteiger partial charge is 0.271 e. The lowest BCUT2D eigenvalue weighted by atomic mass is 10.2. The highest BCUT2D eigenvalue weighted by Crippen LogP contribution is 2.17. The summed E-state index contributed by atoms with van der Waals surface area (Å²) in [6.07, 6.45) is 0. The summed E-state index contributed by atoms with van der Waals surface area (Å²) in [6.45, 7) is 0.975. The molecule has 0 amide bonds. The zero-order valence-corrected chi connectivity index (χ0v) is 11.8. The van der Waals surface area contributed by atoms with E-state index in [-0.39, 0.29) is 5.09 Å². The molecule has 0 saturated heterocycles. The van der Waals surface area contributed by atoms with Gasteiger partial charge in [-0.1, -0.05) is 18.2 Å². The Kier molecular flexibility index (Phi) is 4.43. The van der Waals surface area contributed by atoms with E-state index in [2.05, 4.69) is 5.32 Å². The fourth-order valence-electron chi connectivity index (χ4n) is 1.78. The van der Waals surface area contributed by atoms with E-state index in [0.717, 1.165) is 11.3 Å². The van der Waals surface area contributed by atoms with Crippen molar-refractivity contribution in [2.45, 2.75) is 18.2 Å². The molecule has 0 spiro atoms. The molecule has 6 nitrogen and oxygen atoms in total. The minimum atomic E-state index is -3.78. The van der Waals surface area contributed by atoms with Crippen molar-refractivity contribution in [2.24, 2.45) is 5.14 Å². The van der Waals surface area contributed by atoms with Crippen LogP contribution in [-0.4, -0.2) is 15.5 Å². The number of rotatable bonds is 6. The second-order valence-corrected chi connectivity index (χ2v) is 5.67. The van der Waals surface area contributed by atoms with Gasteiger partial charge in [0.2, 0.25) is 5.09 Å². The first-order valence-electron chi connectivity index (χ1n) is 5.95. The summed E-state index contributed by atoms with van der Waals surface area (Å²) < 4.78 is 32.5. The second-order valence-electron chi connectivity index (χ2n) is 4.18. The van der Waals surface area contributed by atoms with Gasteiger partial charge in [0.25, 0.3) is 10.0 Å². The first kappa shape index (κ1) is 14.6. The Hall–Kier alpha value is -1.83. The number of hydrogen-bond acceptors (Lipinski definition) is 5. The number of furan rings is 1. The van der Waals surface area contributed by atoms with Crippen LogP contribution in [0.2, 0.25) is 0 Å². The van der Waals surface area contributed by atoms with Gasteiger partial charge in [-0.3, -0.25) is 0 Å². The number of methoxy groups -OCH3 is 1. The molecule has 1 heterocycles. The summed E-state index contributed by atoms with van der Waals surface area (Å²) in [5.74, 6) is 1.30. The van der Waals surface area contributed by atoms with E-state index in [1.807, 2.05) is 24.3 Å². The van der Waals surface area contributed by atoms with E-state index >= 15 is 0 Å². The third-order valence-electron chi connectivity index (χ3n) is 2.72. The summed E-state index contributed by atoms with van der Waals surface area (Å²) >= 11 is 0. The zero-order chi connectivity index (χ0) is 14.6. The quantitative estimate of drug-likeness (QED) is 0.836. The monoisotopic (exact) mass is 296 g/mol. The molecule has 0 bridgehead atoms. The maximum absolute atomic E-state index is 11.1. The molecule has 0 aliphatic heterocycles. The van der Waals surface area contributed by atoms with Crippen molar-refractivity contribution in [3.8, 4) is 5.75 Å². The van der Waals surface area contributed by atoms with Crippen molar-refractivity contribution in [1.29, 1.82) is 0 Å². The number of hydrogen-bond donors (Lipinski definition) is 2. The number of sulfonamides is 1. The van der Waals surface area contributed by atoms with E-state index in [4.69, 9.17) is 14.3 Å². The first-order valence-corrected chi connectivity index (χ1v) is 7.49. The Labute approximate surface area is 117 Å². The number of benzene rings is 1. The third-order valence-corrected chi connectivity index (χ3v) is 3.50. The van der Waals surface area contributed by atoms with E-state index < -0.39 is 10.0 Å². The van der Waals surface area contributed by atoms with Crippen LogP contribution in [0.5, 0.6) is 5.75 Å². The van der Waals surface area contributed by atoms with Gasteiger partial charge in [0.05, 0.1) is 13.7 Å². The maximum Gasteiger partial charge on any atom is 0.271 e. The van der Waals surface area contributed by atoms with Crippen LogP contribution in [0.3, 0.4) is 0 Å². The number of ether oxygens (including phenoxy) is 1. The predicted molar refractivity (Wildman–Crippen MR) is 73.6 cm³/mol. The van der Waals surface area contributed by atoms with Gasteiger partial charge >= 0.3 is 0 Å². The van der Waals surface area contributed by atoms with Crippen molar-refractivity contribution in [1.82, 2.24) is 5.32 Å². The largest absolute Gasteiger partial charge is 0.496 e. The van der Waals surface area contributed by atoms with Gasteiger partial charge in [0, 0.05) is 12.1 Å². The van der Waals surface area contributed by atoms with Crippen LogP contribution in [0, 0.1) is 0 Å². The fraction of sp³-hybridized carbons (Fsp3) is 0.231. The van der Waals surface area contributed by atoms with Crippen LogP contribution >= 0.6 is 0 Å². The van der Waals surface area contributed by atoms with Crippen LogP contribution in [-0.2, 0) is 23.1 Å². The normalized spacial score (nSPS) is 11.5. The average molecular weight is 296 g/mol. The van der Waals surface area contributed by atoms with Crippen LogP contribution < -0.4 is 15.2 Å². The molecule has 3 N–H and O–H groups in total. The second kappa shape index (κ2) is 6.08. The van der Waals surface area contributed by atoms with Gasteiger partial charge in [0.1, 0.15) is 11.5 Å². The molecule has 0 radical (unpaired) electrons. The number of nitrogens with two attached hydrogens (primary N) is 1. The summed E-state index contributed by atoms with van der Waals surface area (Å²) in [5, 5.41) is 7.89. The van der Waals surface area contributed by atoms with Crippen LogP contribution in [0.4, 0.5) is 0 Å². The first-order chi connectivity index (χ1) is 9.50. The van der Waals surface area contributed by atoms with Gasteiger partial charge < -0.3 is 14.5 Å². The van der Waals surface area contributed by atoms with Crippen LogP contribution in [0.1, 0.15) is 11.3 Å². The molecule has 108 valence electrons. The van der Waals surface area contributed by atoms with E-state index in [0.29, 0.717) is 18.8 Å². The minimum absolute atomic E-state index is 0.230. The molecule has 0 atom stereocenters. The standard InChI is InChI=1S/C13H16N2O4S/c1-18-12-5-3-2-4-10(12)8-15-9-11-6-7-13(19-11)20(14,16)17/h2-7,15H,8-9H2,1H3,(H2,14,16,17). The summed E-state index contributed by atoms with van der Waals surface area (Å²) in [7, 11) is -2.17. The molecule has 0 fully saturated rings. The molecule has 7 heteroatoms. The Morgan fingerprint density at radius 2 is 1.95 bits per heavy atom. The molecule has 1 aromatic carbocycles. The molecular formula is C13H16N2O4S. The van der Waals surface area contributed by atoms with Crippen LogP contribution in [0.25, 0.3) is 0 Å². The molecule has 2 rings (SSSR count). The molecule has 0 aliphatic carbocycles. The zero-order valence-electron chi connectivity index (χ0n) is 11.0. The van der Waals surface area contributed by atoms with Gasteiger partial charge in [0.15, 0.2) is 0 Å². The highest BCUT2D eigenvalue weighted by Gasteiger charge is 2.12. The average Bonchev–Trinajstić information content (AvgIpc) is 2.88. The number of nitrogens with one attached hydrogen (secondary N) is 1. The van der Waals surface area contributed by atoms with E-state index in [1.54, 1.807) is 13.2 Å². The topological polar surface area (TPSA) is 94.6 Å². The molecule has 0 saturated carbocycles. The predicted octanol–water partition coefficient (Wildman–Crippen LogP) is 1.23. The van der Waals surface area contributed by atoms with E-state index in [1.165, 1.54) is 6.07 Å². The van der Waals surface area contributed by atoms with Crippen molar-refractivity contribution in [3.63, 3.8) is 0 Å². The third kappa shape index (κ3) is 3.60. The van der Waals surface area contributed by atoms with Gasteiger partial charge in [-0.05, 0) is 18.2 Å². The Morgan fingerprint density at radius 1 is 1.20 bits per heavy atom. The number of para-hydroxylation sites is 1. The minimum Gasteiger partial charge on any atom is -0.496 e. The highest BCUT2D eigenvalue weighted by atomic mass is 32.2. The lowest BCUT2D eigenvalue weighted by molar-refractivity contribution is 0.395. The Balaban J connectivity index is 1.95. The Morgan fingerprint density at radius 3 is 2.60 bits per heavy atom. The van der Waals surface area contributed by atoms with Gasteiger partial charge in [-0.2, -0.15) is 0 Å². The summed E-state index contributed by atoms with van der Waals surface area (Å²) in [5.41, 5.74) is 1.01. The molecule has 1 aromatic heterocycles. The molecular weight excluding hydrogens is 280 g/mol. The van der Waals surface area contributed by atoms with Crippen molar-refractivity contribution < 1.29 is 17.6 Å². The lowest BCUT2D eigenvalue weighted by Crippen LogP contribution is -2.13. The SMILES string of the molecule is COc1ccccc1CNCc1ccc(S(N)(=O)=O)o1. The van der Waals surface area contributed by atoms with Gasteiger partial charge in [-0.25, -0.2) is 13.6 Å².